The van der Waals surface area contributed by atoms with Gasteiger partial charge in [0.1, 0.15) is 0 Å². The van der Waals surface area contributed by atoms with Crippen LogP contribution < -0.4 is 0 Å². The van der Waals surface area contributed by atoms with Gasteiger partial charge in [0.15, 0.2) is 5.69 Å². The molecule has 3 rings (SSSR count). The molecule has 6 nitrogen and oxygen atoms in total. The number of aromatic carboxylic acids is 1. The Kier molecular flexibility index (Phi) is 5.05. The van der Waals surface area contributed by atoms with E-state index >= 15 is 0 Å². The highest BCUT2D eigenvalue weighted by Gasteiger charge is 2.14. The van der Waals surface area contributed by atoms with Crippen LogP contribution in [0.25, 0.3) is 11.5 Å². The number of aromatic hydroxyl groups is 1. The normalized spacial score (nSPS) is 11.1. The Morgan fingerprint density at radius 1 is 1.24 bits per heavy atom. The zero-order chi connectivity index (χ0) is 18.0. The third kappa shape index (κ3) is 3.99. The molecule has 0 fully saturated rings. The van der Waals surface area contributed by atoms with Gasteiger partial charge in [-0.2, -0.15) is 0 Å². The molecule has 0 atom stereocenters. The van der Waals surface area contributed by atoms with E-state index in [0.717, 1.165) is 3.57 Å². The second-order valence-corrected chi connectivity index (χ2v) is 6.62. The number of halogens is 2. The van der Waals surface area contributed by atoms with Gasteiger partial charge in [0.05, 0.1) is 17.5 Å². The van der Waals surface area contributed by atoms with Gasteiger partial charge in [-0.25, -0.2) is 9.78 Å². The Bertz CT molecular complexity index is 967. The van der Waals surface area contributed by atoms with Gasteiger partial charge in [0.25, 0.3) is 0 Å². The van der Waals surface area contributed by atoms with E-state index in [9.17, 15) is 15.0 Å². The molecule has 0 bridgehead atoms. The molecule has 1 heterocycles. The van der Waals surface area contributed by atoms with E-state index in [0.29, 0.717) is 10.6 Å². The van der Waals surface area contributed by atoms with Crippen molar-refractivity contribution < 1.29 is 19.4 Å². The summed E-state index contributed by atoms with van der Waals surface area (Å²) in [5.41, 5.74) is 1.05. The van der Waals surface area contributed by atoms with Crippen molar-refractivity contribution in [3.05, 3.63) is 62.3 Å². The molecule has 0 aliphatic rings. The van der Waals surface area contributed by atoms with Crippen LogP contribution in [0.1, 0.15) is 16.1 Å². The van der Waals surface area contributed by atoms with Crippen molar-refractivity contribution >= 4 is 52.1 Å². The van der Waals surface area contributed by atoms with Crippen LogP contribution in [0, 0.1) is 3.57 Å². The van der Waals surface area contributed by atoms with Crippen molar-refractivity contribution in [2.45, 2.75) is 0 Å². The number of carboxylic acid groups (broad SMARTS) is 1. The number of aromatic nitrogens is 1. The smallest absolute Gasteiger partial charge is 0.337 e. The molecular formula is C17H10ClIN2O4. The molecule has 3 aromatic rings. The summed E-state index contributed by atoms with van der Waals surface area (Å²) >= 11 is 7.86. The summed E-state index contributed by atoms with van der Waals surface area (Å²) in [6, 6.07) is 11.6. The molecule has 126 valence electrons. The lowest BCUT2D eigenvalue weighted by Gasteiger charge is -2.00. The first-order valence-corrected chi connectivity index (χ1v) is 8.42. The molecule has 0 saturated heterocycles. The summed E-state index contributed by atoms with van der Waals surface area (Å²) < 4.78 is 6.00. The molecule has 0 spiro atoms. The van der Waals surface area contributed by atoms with E-state index < -0.39 is 11.9 Å². The molecule has 0 saturated carbocycles. The van der Waals surface area contributed by atoms with Gasteiger partial charge >= 0.3 is 11.9 Å². The Labute approximate surface area is 160 Å². The summed E-state index contributed by atoms with van der Waals surface area (Å²) in [6.07, 6.45) is 1.26. The minimum atomic E-state index is -1.09. The highest BCUT2D eigenvalue weighted by atomic mass is 127. The number of aliphatic imine (C=N–C) groups is 1. The monoisotopic (exact) mass is 468 g/mol. The number of hydrogen-bond acceptors (Lipinski definition) is 5. The van der Waals surface area contributed by atoms with E-state index in [4.69, 9.17) is 16.0 Å². The zero-order valence-electron chi connectivity index (χ0n) is 12.5. The van der Waals surface area contributed by atoms with Crippen LogP contribution in [0.2, 0.25) is 5.02 Å². The van der Waals surface area contributed by atoms with Crippen LogP contribution in [-0.2, 0) is 0 Å². The lowest BCUT2D eigenvalue weighted by Crippen LogP contribution is -1.97. The zero-order valence-corrected chi connectivity index (χ0v) is 15.4. The summed E-state index contributed by atoms with van der Waals surface area (Å²) in [7, 11) is 0. The average molecular weight is 469 g/mol. The molecule has 0 unspecified atom stereocenters. The standard InChI is InChI=1S/C17H10ClIN2O4/c18-10-3-1-9(2-4-10)15-21-14(17(24)25-15)8-20-13-6-5-11(19)7-12(13)16(22)23/h1-8,24H,(H,22,23). The van der Waals surface area contributed by atoms with Gasteiger partial charge < -0.3 is 14.6 Å². The van der Waals surface area contributed by atoms with Crippen molar-refractivity contribution in [2.75, 3.05) is 0 Å². The first-order chi connectivity index (χ1) is 11.9. The Balaban J connectivity index is 1.93. The number of nitrogens with zero attached hydrogens (tertiary/aromatic N) is 2. The van der Waals surface area contributed by atoms with E-state index in [2.05, 4.69) is 9.98 Å². The maximum absolute atomic E-state index is 11.3. The first kappa shape index (κ1) is 17.4. The highest BCUT2D eigenvalue weighted by Crippen LogP contribution is 2.27. The molecule has 1 aromatic heterocycles. The van der Waals surface area contributed by atoms with Crippen molar-refractivity contribution in [3.63, 3.8) is 0 Å². The molecule has 8 heteroatoms. The number of rotatable bonds is 4. The number of carbonyl (C=O) groups is 1. The quantitative estimate of drug-likeness (QED) is 0.425. The number of oxazole rings is 1. The summed E-state index contributed by atoms with van der Waals surface area (Å²) in [5.74, 6) is -1.29. The van der Waals surface area contributed by atoms with Crippen molar-refractivity contribution in [2.24, 2.45) is 4.99 Å². The molecule has 0 amide bonds. The summed E-state index contributed by atoms with van der Waals surface area (Å²) in [4.78, 5) is 19.6. The van der Waals surface area contributed by atoms with Crippen LogP contribution in [-0.4, -0.2) is 27.4 Å². The minimum Gasteiger partial charge on any atom is -0.479 e. The van der Waals surface area contributed by atoms with Crippen LogP contribution in [0.4, 0.5) is 5.69 Å². The molecule has 0 aliphatic heterocycles. The third-order valence-corrected chi connectivity index (χ3v) is 4.16. The molecule has 0 radical (unpaired) electrons. The summed E-state index contributed by atoms with van der Waals surface area (Å²) in [5, 5.41) is 19.7. The topological polar surface area (TPSA) is 95.9 Å². The first-order valence-electron chi connectivity index (χ1n) is 6.96. The van der Waals surface area contributed by atoms with Gasteiger partial charge in [0, 0.05) is 14.2 Å². The molecule has 0 aliphatic carbocycles. The fraction of sp³-hybridized carbons (Fsp3) is 0. The Morgan fingerprint density at radius 3 is 2.64 bits per heavy atom. The molecular weight excluding hydrogens is 459 g/mol. The van der Waals surface area contributed by atoms with E-state index in [1.165, 1.54) is 12.3 Å². The predicted octanol–water partition coefficient (Wildman–Crippen LogP) is 4.75. The molecule has 25 heavy (non-hydrogen) atoms. The van der Waals surface area contributed by atoms with Crippen molar-refractivity contribution in [1.82, 2.24) is 4.98 Å². The number of hydrogen-bond donors (Lipinski definition) is 2. The van der Waals surface area contributed by atoms with Gasteiger partial charge in [-0.15, -0.1) is 0 Å². The van der Waals surface area contributed by atoms with E-state index in [1.807, 2.05) is 22.6 Å². The third-order valence-electron chi connectivity index (χ3n) is 3.24. The Hall–Kier alpha value is -2.39. The largest absolute Gasteiger partial charge is 0.479 e. The van der Waals surface area contributed by atoms with Gasteiger partial charge in [-0.1, -0.05) is 11.6 Å². The minimum absolute atomic E-state index is 0.0593. The second kappa shape index (κ2) is 7.24. The van der Waals surface area contributed by atoms with Gasteiger partial charge in [0.2, 0.25) is 5.89 Å². The van der Waals surface area contributed by atoms with Crippen molar-refractivity contribution in [1.29, 1.82) is 0 Å². The highest BCUT2D eigenvalue weighted by molar-refractivity contribution is 14.1. The fourth-order valence-corrected chi connectivity index (χ4v) is 2.66. The maximum atomic E-state index is 11.3. The molecule has 2 aromatic carbocycles. The van der Waals surface area contributed by atoms with Crippen LogP contribution in [0.15, 0.2) is 51.9 Å². The number of carboxylic acids is 1. The predicted molar refractivity (Wildman–Crippen MR) is 102 cm³/mol. The van der Waals surface area contributed by atoms with Crippen molar-refractivity contribution in [3.8, 4) is 17.4 Å². The van der Waals surface area contributed by atoms with Gasteiger partial charge in [-0.3, -0.25) is 4.99 Å². The van der Waals surface area contributed by atoms with Crippen LogP contribution in [0.5, 0.6) is 5.95 Å². The average Bonchev–Trinajstić information content (AvgIpc) is 2.95. The fourth-order valence-electron chi connectivity index (χ4n) is 2.05. The second-order valence-electron chi connectivity index (χ2n) is 4.94. The summed E-state index contributed by atoms with van der Waals surface area (Å²) in [6.45, 7) is 0. The van der Waals surface area contributed by atoms with Gasteiger partial charge in [-0.05, 0) is 65.1 Å². The van der Waals surface area contributed by atoms with E-state index in [1.54, 1.807) is 36.4 Å². The van der Waals surface area contributed by atoms with Crippen LogP contribution >= 0.6 is 34.2 Å². The SMILES string of the molecule is O=C(O)c1cc(I)ccc1N=Cc1nc(-c2ccc(Cl)cc2)oc1O. The van der Waals surface area contributed by atoms with Crippen LogP contribution in [0.3, 0.4) is 0 Å². The lowest BCUT2D eigenvalue weighted by molar-refractivity contribution is 0.0697. The lowest BCUT2D eigenvalue weighted by atomic mass is 10.2. The Morgan fingerprint density at radius 2 is 1.96 bits per heavy atom. The number of benzene rings is 2. The van der Waals surface area contributed by atoms with E-state index in [-0.39, 0.29) is 22.8 Å². The molecule has 2 N–H and O–H groups in total. The maximum Gasteiger partial charge on any atom is 0.337 e.